The number of anilines is 1. The summed E-state index contributed by atoms with van der Waals surface area (Å²) in [7, 11) is 3.71. The van der Waals surface area contributed by atoms with E-state index in [1.165, 1.54) is 0 Å². The van der Waals surface area contributed by atoms with Crippen molar-refractivity contribution in [1.29, 1.82) is 5.26 Å². The van der Waals surface area contributed by atoms with E-state index < -0.39 is 0 Å². The summed E-state index contributed by atoms with van der Waals surface area (Å²) in [5, 5.41) is 9.56. The summed E-state index contributed by atoms with van der Waals surface area (Å²) in [6, 6.07) is 7.57. The summed E-state index contributed by atoms with van der Waals surface area (Å²) in [6.07, 6.45) is 2.52. The topological polar surface area (TPSA) is 45.9 Å². The van der Waals surface area contributed by atoms with E-state index in [1.807, 2.05) is 33.2 Å². The molecule has 0 amide bonds. The van der Waals surface area contributed by atoms with Gasteiger partial charge >= 0.3 is 0 Å². The van der Waals surface area contributed by atoms with Crippen LogP contribution in [0, 0.1) is 24.1 Å². The standard InChI is InChI=1S/C20H26FN5S/c1-15-6-7-17(12-19(15)21)26-9-5-8-25(10-11-26)16(2)18(13-22)20(27)23-14-24(3)4/h6-7,12,14H,5,8-11H2,1-4H3/b18-16-,23-14?. The van der Waals surface area contributed by atoms with Gasteiger partial charge in [0.1, 0.15) is 22.4 Å². The van der Waals surface area contributed by atoms with E-state index in [0.717, 1.165) is 44.0 Å². The van der Waals surface area contributed by atoms with Crippen LogP contribution in [-0.4, -0.2) is 61.4 Å². The minimum absolute atomic E-state index is 0.180. The maximum atomic E-state index is 13.9. The molecule has 0 unspecified atom stereocenters. The molecule has 0 bridgehead atoms. The smallest absolute Gasteiger partial charge is 0.147 e. The highest BCUT2D eigenvalue weighted by Gasteiger charge is 2.19. The van der Waals surface area contributed by atoms with Crippen molar-refractivity contribution in [2.75, 3.05) is 45.2 Å². The predicted octanol–water partition coefficient (Wildman–Crippen LogP) is 3.36. The van der Waals surface area contributed by atoms with Crippen LogP contribution in [-0.2, 0) is 0 Å². The third-order valence-electron chi connectivity index (χ3n) is 4.58. The number of hydrogen-bond acceptors (Lipinski definition) is 4. The number of aliphatic imine (C=N–C) groups is 1. The van der Waals surface area contributed by atoms with Gasteiger partial charge in [-0.2, -0.15) is 5.26 Å². The van der Waals surface area contributed by atoms with Crippen LogP contribution in [0.2, 0.25) is 0 Å². The molecule has 0 atom stereocenters. The third-order valence-corrected chi connectivity index (χ3v) is 4.89. The fourth-order valence-electron chi connectivity index (χ4n) is 2.96. The average molecular weight is 388 g/mol. The zero-order valence-corrected chi connectivity index (χ0v) is 17.2. The van der Waals surface area contributed by atoms with Crippen LogP contribution in [0.15, 0.2) is 34.5 Å². The second-order valence-corrected chi connectivity index (χ2v) is 7.23. The van der Waals surface area contributed by atoms with Gasteiger partial charge in [0, 0.05) is 51.7 Å². The Bertz CT molecular complexity index is 794. The Kier molecular flexibility index (Phi) is 7.31. The minimum Gasteiger partial charge on any atom is -0.372 e. The molecule has 1 heterocycles. The Labute approximate surface area is 166 Å². The van der Waals surface area contributed by atoms with Crippen molar-refractivity contribution in [1.82, 2.24) is 9.80 Å². The Morgan fingerprint density at radius 1 is 1.30 bits per heavy atom. The van der Waals surface area contributed by atoms with Crippen LogP contribution in [0.4, 0.5) is 10.1 Å². The third kappa shape index (κ3) is 5.51. The number of aryl methyl sites for hydroxylation is 1. The van der Waals surface area contributed by atoms with Crippen molar-refractivity contribution >= 4 is 29.2 Å². The van der Waals surface area contributed by atoms with E-state index in [-0.39, 0.29) is 5.82 Å². The number of rotatable bonds is 4. The SMILES string of the molecule is C/C(=C(\C#N)C(=S)N=CN(C)C)N1CCCN(c2ccc(C)c(F)c2)CC1. The molecule has 0 N–H and O–H groups in total. The summed E-state index contributed by atoms with van der Waals surface area (Å²) < 4.78 is 13.9. The summed E-state index contributed by atoms with van der Waals surface area (Å²) in [6.45, 7) is 6.85. The number of hydrogen-bond donors (Lipinski definition) is 0. The largest absolute Gasteiger partial charge is 0.372 e. The molecule has 0 saturated carbocycles. The fourth-order valence-corrected chi connectivity index (χ4v) is 3.20. The molecule has 2 rings (SSSR count). The summed E-state index contributed by atoms with van der Waals surface area (Å²) in [5.41, 5.74) is 2.82. The molecule has 27 heavy (non-hydrogen) atoms. The van der Waals surface area contributed by atoms with Gasteiger partial charge < -0.3 is 14.7 Å². The van der Waals surface area contributed by atoms with Gasteiger partial charge in [0.2, 0.25) is 0 Å². The van der Waals surface area contributed by atoms with Crippen LogP contribution in [0.25, 0.3) is 0 Å². The zero-order valence-electron chi connectivity index (χ0n) is 16.4. The molecule has 144 valence electrons. The van der Waals surface area contributed by atoms with Crippen LogP contribution < -0.4 is 4.90 Å². The first-order valence-electron chi connectivity index (χ1n) is 8.95. The normalized spacial score (nSPS) is 16.0. The molecule has 1 aromatic carbocycles. The minimum atomic E-state index is -0.180. The molecule has 1 fully saturated rings. The van der Waals surface area contributed by atoms with Gasteiger partial charge in [-0.3, -0.25) is 0 Å². The first-order valence-corrected chi connectivity index (χ1v) is 9.36. The highest BCUT2D eigenvalue weighted by Crippen LogP contribution is 2.22. The Morgan fingerprint density at radius 2 is 2.04 bits per heavy atom. The van der Waals surface area contributed by atoms with E-state index in [2.05, 4.69) is 20.9 Å². The van der Waals surface area contributed by atoms with Crippen molar-refractivity contribution in [3.63, 3.8) is 0 Å². The molecule has 0 spiro atoms. The lowest BCUT2D eigenvalue weighted by Gasteiger charge is -2.26. The summed E-state index contributed by atoms with van der Waals surface area (Å²) in [5.74, 6) is -0.180. The van der Waals surface area contributed by atoms with Gasteiger partial charge in [-0.05, 0) is 38.0 Å². The quantitative estimate of drug-likeness (QED) is 0.261. The van der Waals surface area contributed by atoms with Crippen molar-refractivity contribution in [3.8, 4) is 6.07 Å². The number of nitrogens with zero attached hydrogens (tertiary/aromatic N) is 5. The molecular weight excluding hydrogens is 361 g/mol. The van der Waals surface area contributed by atoms with E-state index in [4.69, 9.17) is 12.2 Å². The van der Waals surface area contributed by atoms with Crippen molar-refractivity contribution in [2.45, 2.75) is 20.3 Å². The highest BCUT2D eigenvalue weighted by molar-refractivity contribution is 7.80. The molecule has 1 aliphatic heterocycles. The molecule has 1 aromatic rings. The van der Waals surface area contributed by atoms with E-state index in [0.29, 0.717) is 16.1 Å². The lowest BCUT2D eigenvalue weighted by Crippen LogP contribution is -2.30. The van der Waals surface area contributed by atoms with E-state index >= 15 is 0 Å². The molecular formula is C20H26FN5S. The molecule has 1 saturated heterocycles. The lowest BCUT2D eigenvalue weighted by molar-refractivity contribution is 0.369. The molecule has 0 aliphatic carbocycles. The van der Waals surface area contributed by atoms with E-state index in [1.54, 1.807) is 24.2 Å². The maximum Gasteiger partial charge on any atom is 0.147 e. The first kappa shape index (κ1) is 20.8. The Hall–Kier alpha value is -2.46. The molecule has 0 radical (unpaired) electrons. The van der Waals surface area contributed by atoms with Gasteiger partial charge in [0.05, 0.1) is 6.34 Å². The lowest BCUT2D eigenvalue weighted by atomic mass is 10.2. The van der Waals surface area contributed by atoms with Crippen LogP contribution in [0.5, 0.6) is 0 Å². The van der Waals surface area contributed by atoms with Crippen LogP contribution >= 0.6 is 12.2 Å². The zero-order chi connectivity index (χ0) is 20.0. The van der Waals surface area contributed by atoms with Gasteiger partial charge in [-0.15, -0.1) is 0 Å². The van der Waals surface area contributed by atoms with Crippen LogP contribution in [0.1, 0.15) is 18.9 Å². The maximum absolute atomic E-state index is 13.9. The number of allylic oxidation sites excluding steroid dienone is 1. The molecule has 7 heteroatoms. The fraction of sp³-hybridized carbons (Fsp3) is 0.450. The Balaban J connectivity index is 2.14. The van der Waals surface area contributed by atoms with Gasteiger partial charge in [-0.1, -0.05) is 18.3 Å². The van der Waals surface area contributed by atoms with Crippen molar-refractivity contribution in [2.24, 2.45) is 4.99 Å². The first-order chi connectivity index (χ1) is 12.8. The number of nitriles is 1. The molecule has 1 aliphatic rings. The van der Waals surface area contributed by atoms with Gasteiger partial charge in [0.15, 0.2) is 0 Å². The van der Waals surface area contributed by atoms with Crippen LogP contribution in [0.3, 0.4) is 0 Å². The van der Waals surface area contributed by atoms with Gasteiger partial charge in [0.25, 0.3) is 0 Å². The Morgan fingerprint density at radius 3 is 2.67 bits per heavy atom. The highest BCUT2D eigenvalue weighted by atomic mass is 32.1. The average Bonchev–Trinajstić information content (AvgIpc) is 2.89. The van der Waals surface area contributed by atoms with Crippen molar-refractivity contribution in [3.05, 3.63) is 40.8 Å². The number of benzene rings is 1. The molecule has 5 nitrogen and oxygen atoms in total. The summed E-state index contributed by atoms with van der Waals surface area (Å²) >= 11 is 5.31. The monoisotopic (exact) mass is 387 g/mol. The second kappa shape index (κ2) is 9.47. The van der Waals surface area contributed by atoms with Gasteiger partial charge in [-0.25, -0.2) is 9.38 Å². The predicted molar refractivity (Wildman–Crippen MR) is 113 cm³/mol. The second-order valence-electron chi connectivity index (χ2n) is 6.85. The van der Waals surface area contributed by atoms with E-state index in [9.17, 15) is 9.65 Å². The molecule has 0 aromatic heterocycles. The number of halogens is 1. The summed E-state index contributed by atoms with van der Waals surface area (Å²) in [4.78, 5) is 10.6. The number of thiocarbonyl (C=S) groups is 1. The van der Waals surface area contributed by atoms with Crippen molar-refractivity contribution < 1.29 is 4.39 Å².